The second-order valence-electron chi connectivity index (χ2n) is 4.13. The van der Waals surface area contributed by atoms with Crippen LogP contribution in [-0.4, -0.2) is 19.3 Å². The van der Waals surface area contributed by atoms with Crippen molar-refractivity contribution in [3.05, 3.63) is 22.2 Å². The van der Waals surface area contributed by atoms with E-state index in [-0.39, 0.29) is 0 Å². The van der Waals surface area contributed by atoms with Crippen LogP contribution >= 0.6 is 11.6 Å². The van der Waals surface area contributed by atoms with Gasteiger partial charge in [0.1, 0.15) is 11.5 Å². The minimum absolute atomic E-state index is 0.511. The molecule has 88 valence electrons. The molecule has 0 amide bonds. The number of methoxy groups -OCH3 is 2. The highest BCUT2D eigenvalue weighted by molar-refractivity contribution is 6.33. The molecule has 16 heavy (non-hydrogen) atoms. The highest BCUT2D eigenvalue weighted by Gasteiger charge is 2.45. The number of rotatable bonds is 3. The van der Waals surface area contributed by atoms with E-state index >= 15 is 0 Å². The summed E-state index contributed by atoms with van der Waals surface area (Å²) in [4.78, 5) is 0. The van der Waals surface area contributed by atoms with Gasteiger partial charge in [0.2, 0.25) is 0 Å². The molecular weight excluding hydrogens is 228 g/mol. The summed E-state index contributed by atoms with van der Waals surface area (Å²) in [5.41, 5.74) is 0.771. The maximum atomic E-state index is 10.2. The van der Waals surface area contributed by atoms with E-state index in [4.69, 9.17) is 21.1 Å². The molecule has 0 unspecified atom stereocenters. The first kappa shape index (κ1) is 11.6. The van der Waals surface area contributed by atoms with Crippen molar-refractivity contribution in [2.75, 3.05) is 14.2 Å². The van der Waals surface area contributed by atoms with Crippen LogP contribution in [0.4, 0.5) is 0 Å². The fourth-order valence-corrected chi connectivity index (χ4v) is 2.12. The first-order chi connectivity index (χ1) is 7.53. The quantitative estimate of drug-likeness (QED) is 0.886. The fourth-order valence-electron chi connectivity index (χ4n) is 1.85. The number of benzene rings is 1. The van der Waals surface area contributed by atoms with Crippen molar-refractivity contribution >= 4 is 11.6 Å². The van der Waals surface area contributed by atoms with Gasteiger partial charge in [0, 0.05) is 11.1 Å². The third-order valence-electron chi connectivity index (χ3n) is 3.07. The molecule has 1 aromatic carbocycles. The van der Waals surface area contributed by atoms with Gasteiger partial charge in [0.25, 0.3) is 0 Å². The van der Waals surface area contributed by atoms with Crippen LogP contribution in [0.1, 0.15) is 24.0 Å². The van der Waals surface area contributed by atoms with E-state index < -0.39 is 5.60 Å². The van der Waals surface area contributed by atoms with Gasteiger partial charge in [-0.05, 0) is 25.8 Å². The fraction of sp³-hybridized carbons (Fsp3) is 0.500. The van der Waals surface area contributed by atoms with Crippen LogP contribution in [0, 0.1) is 6.92 Å². The average molecular weight is 243 g/mol. The summed E-state index contributed by atoms with van der Waals surface area (Å²) in [5.74, 6) is 1.24. The van der Waals surface area contributed by atoms with Gasteiger partial charge in [-0.3, -0.25) is 0 Å². The molecule has 1 aliphatic carbocycles. The minimum Gasteiger partial charge on any atom is -0.496 e. The molecule has 1 saturated carbocycles. The molecule has 3 nitrogen and oxygen atoms in total. The summed E-state index contributed by atoms with van der Waals surface area (Å²) in [6.45, 7) is 1.87. The Bertz CT molecular complexity index is 425. The Kier molecular flexibility index (Phi) is 2.76. The maximum absolute atomic E-state index is 10.2. The third kappa shape index (κ3) is 1.64. The van der Waals surface area contributed by atoms with Gasteiger partial charge >= 0.3 is 0 Å². The number of hydrogen-bond donors (Lipinski definition) is 1. The van der Waals surface area contributed by atoms with Crippen molar-refractivity contribution in [3.63, 3.8) is 0 Å². The van der Waals surface area contributed by atoms with Crippen LogP contribution in [0.5, 0.6) is 11.5 Å². The zero-order chi connectivity index (χ0) is 11.9. The van der Waals surface area contributed by atoms with Crippen LogP contribution in [0.25, 0.3) is 0 Å². The summed E-state index contributed by atoms with van der Waals surface area (Å²) in [6.07, 6.45) is 1.48. The van der Waals surface area contributed by atoms with Crippen molar-refractivity contribution in [1.82, 2.24) is 0 Å². The van der Waals surface area contributed by atoms with Crippen molar-refractivity contribution < 1.29 is 14.6 Å². The van der Waals surface area contributed by atoms with E-state index in [0.29, 0.717) is 16.5 Å². The van der Waals surface area contributed by atoms with Crippen LogP contribution in [0.15, 0.2) is 6.07 Å². The summed E-state index contributed by atoms with van der Waals surface area (Å²) >= 11 is 6.20. The minimum atomic E-state index is -0.782. The summed E-state index contributed by atoms with van der Waals surface area (Å²) in [5, 5.41) is 10.7. The van der Waals surface area contributed by atoms with Crippen LogP contribution < -0.4 is 9.47 Å². The largest absolute Gasteiger partial charge is 0.496 e. The first-order valence-corrected chi connectivity index (χ1v) is 5.55. The Morgan fingerprint density at radius 2 is 1.94 bits per heavy atom. The Labute approximate surface area is 99.9 Å². The monoisotopic (exact) mass is 242 g/mol. The summed E-state index contributed by atoms with van der Waals surface area (Å²) < 4.78 is 10.5. The lowest BCUT2D eigenvalue weighted by atomic mass is 10.0. The number of halogens is 1. The summed E-state index contributed by atoms with van der Waals surface area (Å²) in [6, 6.07) is 1.81. The normalized spacial score (nSPS) is 17.1. The summed E-state index contributed by atoms with van der Waals surface area (Å²) in [7, 11) is 3.15. The zero-order valence-corrected chi connectivity index (χ0v) is 10.4. The van der Waals surface area contributed by atoms with Crippen LogP contribution in [0.2, 0.25) is 5.02 Å². The van der Waals surface area contributed by atoms with E-state index in [9.17, 15) is 5.11 Å². The zero-order valence-electron chi connectivity index (χ0n) is 9.63. The highest BCUT2D eigenvalue weighted by Crippen LogP contribution is 2.52. The lowest BCUT2D eigenvalue weighted by Crippen LogP contribution is -2.08. The molecule has 0 atom stereocenters. The van der Waals surface area contributed by atoms with Gasteiger partial charge in [-0.1, -0.05) is 11.6 Å². The molecule has 0 aromatic heterocycles. The average Bonchev–Trinajstić information content (AvgIpc) is 3.01. The van der Waals surface area contributed by atoms with Gasteiger partial charge in [-0.2, -0.15) is 0 Å². The maximum Gasteiger partial charge on any atom is 0.144 e. The van der Waals surface area contributed by atoms with E-state index in [2.05, 4.69) is 0 Å². The van der Waals surface area contributed by atoms with Crippen LogP contribution in [0.3, 0.4) is 0 Å². The van der Waals surface area contributed by atoms with Crippen LogP contribution in [-0.2, 0) is 5.60 Å². The molecule has 0 saturated heterocycles. The van der Waals surface area contributed by atoms with E-state index in [1.807, 2.05) is 13.0 Å². The van der Waals surface area contributed by atoms with E-state index in [0.717, 1.165) is 24.0 Å². The number of aliphatic hydroxyl groups is 1. The predicted molar refractivity (Wildman–Crippen MR) is 62.4 cm³/mol. The molecule has 0 bridgehead atoms. The SMILES string of the molecule is COc1cc(C2(O)CC2)c(OC)c(Cl)c1C. The molecule has 1 aliphatic rings. The third-order valence-corrected chi connectivity index (χ3v) is 3.52. The van der Waals surface area contributed by atoms with Gasteiger partial charge in [-0.25, -0.2) is 0 Å². The molecule has 2 rings (SSSR count). The van der Waals surface area contributed by atoms with Crippen molar-refractivity contribution in [2.45, 2.75) is 25.4 Å². The smallest absolute Gasteiger partial charge is 0.144 e. The standard InChI is InChI=1S/C12H15ClO3/c1-7-9(15-2)6-8(12(14)4-5-12)11(16-3)10(7)13/h6,14H,4-5H2,1-3H3. The van der Waals surface area contributed by atoms with Gasteiger partial charge < -0.3 is 14.6 Å². The lowest BCUT2D eigenvalue weighted by Gasteiger charge is -2.18. The number of hydrogen-bond acceptors (Lipinski definition) is 3. The van der Waals surface area contributed by atoms with E-state index in [1.165, 1.54) is 0 Å². The molecule has 1 aromatic rings. The molecule has 0 aliphatic heterocycles. The second kappa shape index (κ2) is 3.82. The second-order valence-corrected chi connectivity index (χ2v) is 4.51. The molecule has 4 heteroatoms. The molecule has 1 N–H and O–H groups in total. The van der Waals surface area contributed by atoms with Crippen molar-refractivity contribution in [2.24, 2.45) is 0 Å². The topological polar surface area (TPSA) is 38.7 Å². The predicted octanol–water partition coefficient (Wildman–Crippen LogP) is 2.65. The molecular formula is C12H15ClO3. The van der Waals surface area contributed by atoms with Gasteiger partial charge in [-0.15, -0.1) is 0 Å². The Hall–Kier alpha value is -0.930. The molecule has 0 radical (unpaired) electrons. The lowest BCUT2D eigenvalue weighted by molar-refractivity contribution is 0.147. The van der Waals surface area contributed by atoms with Gasteiger partial charge in [0.15, 0.2) is 0 Å². The number of ether oxygens (including phenoxy) is 2. The Morgan fingerprint density at radius 3 is 2.38 bits per heavy atom. The van der Waals surface area contributed by atoms with Crippen molar-refractivity contribution in [1.29, 1.82) is 0 Å². The first-order valence-electron chi connectivity index (χ1n) is 5.17. The van der Waals surface area contributed by atoms with Crippen molar-refractivity contribution in [3.8, 4) is 11.5 Å². The Balaban J connectivity index is 2.62. The molecule has 0 heterocycles. The Morgan fingerprint density at radius 1 is 1.31 bits per heavy atom. The highest BCUT2D eigenvalue weighted by atomic mass is 35.5. The van der Waals surface area contributed by atoms with Gasteiger partial charge in [0.05, 0.1) is 24.8 Å². The molecule has 1 fully saturated rings. The van der Waals surface area contributed by atoms with E-state index in [1.54, 1.807) is 14.2 Å². The molecule has 0 spiro atoms.